The molecule has 156 valence electrons. The van der Waals surface area contributed by atoms with E-state index in [-0.39, 0.29) is 12.1 Å². The fourth-order valence-electron chi connectivity index (χ4n) is 3.91. The molecule has 1 aliphatic rings. The summed E-state index contributed by atoms with van der Waals surface area (Å²) in [5.41, 5.74) is 5.65. The highest BCUT2D eigenvalue weighted by molar-refractivity contribution is 5.95. The number of aromatic amines is 1. The summed E-state index contributed by atoms with van der Waals surface area (Å²) in [6, 6.07) is 13.7. The number of nitrogens with one attached hydrogen (secondary N) is 2. The molecule has 1 aromatic carbocycles. The maximum absolute atomic E-state index is 12.6. The van der Waals surface area contributed by atoms with Crippen LogP contribution in [-0.4, -0.2) is 45.1 Å². The Bertz CT molecular complexity index is 1240. The van der Waals surface area contributed by atoms with Crippen molar-refractivity contribution < 1.29 is 9.53 Å². The Hall–Kier alpha value is -3.58. The number of aryl methyl sites for hydroxylation is 1. The van der Waals surface area contributed by atoms with Crippen LogP contribution in [0, 0.1) is 6.92 Å². The Balaban J connectivity index is 1.46. The zero-order valence-electron chi connectivity index (χ0n) is 17.3. The summed E-state index contributed by atoms with van der Waals surface area (Å²) in [5.74, 6) is -0.323. The first-order chi connectivity index (χ1) is 15.2. The van der Waals surface area contributed by atoms with Crippen molar-refractivity contribution in [3.63, 3.8) is 0 Å². The van der Waals surface area contributed by atoms with Gasteiger partial charge in [-0.3, -0.25) is 9.97 Å². The maximum atomic E-state index is 12.6. The third-order valence-electron chi connectivity index (χ3n) is 5.53. The Morgan fingerprint density at radius 3 is 2.81 bits per heavy atom. The van der Waals surface area contributed by atoms with Gasteiger partial charge in [0.2, 0.25) is 0 Å². The van der Waals surface area contributed by atoms with E-state index in [1.54, 1.807) is 12.5 Å². The standard InChI is InChI=1S/C24H23N5O2/c1-15-3-2-4-21(29-15)23-22(27-14-28-23)16-5-6-20-17(11-16)12-18(13-26-20)24(30)31-19-7-9-25-10-8-19/h2-6,11-14,19,25H,7-10H2,1H3,(H,27,28). The van der Waals surface area contributed by atoms with E-state index in [0.717, 1.165) is 65.2 Å². The number of fused-ring (bicyclic) bond motifs is 1. The van der Waals surface area contributed by atoms with Gasteiger partial charge >= 0.3 is 5.97 Å². The average molecular weight is 413 g/mol. The Morgan fingerprint density at radius 2 is 1.97 bits per heavy atom. The SMILES string of the molecule is Cc1cccc(-c2[nH]cnc2-c2ccc3ncc(C(=O)OC4CCNCC4)cc3c2)n1. The summed E-state index contributed by atoms with van der Waals surface area (Å²) in [7, 11) is 0. The van der Waals surface area contributed by atoms with Crippen molar-refractivity contribution >= 4 is 16.9 Å². The third-order valence-corrected chi connectivity index (χ3v) is 5.53. The number of nitrogens with zero attached hydrogens (tertiary/aromatic N) is 3. The van der Waals surface area contributed by atoms with Crippen molar-refractivity contribution in [3.8, 4) is 22.6 Å². The first-order valence-corrected chi connectivity index (χ1v) is 10.5. The van der Waals surface area contributed by atoms with E-state index in [2.05, 4.69) is 25.3 Å². The lowest BCUT2D eigenvalue weighted by molar-refractivity contribution is 0.0229. The second kappa shape index (κ2) is 8.28. The van der Waals surface area contributed by atoms with Gasteiger partial charge in [0.15, 0.2) is 0 Å². The minimum Gasteiger partial charge on any atom is -0.459 e. The van der Waals surface area contributed by atoms with Crippen LogP contribution in [0.1, 0.15) is 28.9 Å². The largest absolute Gasteiger partial charge is 0.459 e. The molecule has 1 fully saturated rings. The van der Waals surface area contributed by atoms with Crippen molar-refractivity contribution in [1.29, 1.82) is 0 Å². The molecule has 1 saturated heterocycles. The van der Waals surface area contributed by atoms with Crippen LogP contribution in [0.15, 0.2) is 55.0 Å². The summed E-state index contributed by atoms with van der Waals surface area (Å²) >= 11 is 0. The van der Waals surface area contributed by atoms with Crippen LogP contribution >= 0.6 is 0 Å². The van der Waals surface area contributed by atoms with E-state index in [1.165, 1.54) is 0 Å². The number of pyridine rings is 2. The summed E-state index contributed by atoms with van der Waals surface area (Å²) < 4.78 is 5.67. The number of rotatable bonds is 4. The molecule has 31 heavy (non-hydrogen) atoms. The molecule has 0 bridgehead atoms. The molecule has 7 nitrogen and oxygen atoms in total. The van der Waals surface area contributed by atoms with Gasteiger partial charge in [0.1, 0.15) is 6.10 Å². The molecule has 5 rings (SSSR count). The van der Waals surface area contributed by atoms with E-state index in [4.69, 9.17) is 4.74 Å². The second-order valence-corrected chi connectivity index (χ2v) is 7.78. The molecule has 0 spiro atoms. The van der Waals surface area contributed by atoms with Gasteiger partial charge in [-0.2, -0.15) is 0 Å². The molecule has 2 N–H and O–H groups in total. The van der Waals surface area contributed by atoms with E-state index >= 15 is 0 Å². The molecule has 4 aromatic rings. The van der Waals surface area contributed by atoms with E-state index in [1.807, 2.05) is 49.4 Å². The van der Waals surface area contributed by atoms with Crippen molar-refractivity contribution in [2.24, 2.45) is 0 Å². The minimum atomic E-state index is -0.323. The van der Waals surface area contributed by atoms with Crippen LogP contribution in [0.4, 0.5) is 0 Å². The highest BCUT2D eigenvalue weighted by atomic mass is 16.5. The number of ether oxygens (including phenoxy) is 1. The molecule has 0 saturated carbocycles. The second-order valence-electron chi connectivity index (χ2n) is 7.78. The Labute approximate surface area is 179 Å². The van der Waals surface area contributed by atoms with Crippen molar-refractivity contribution in [3.05, 3.63) is 66.2 Å². The zero-order chi connectivity index (χ0) is 21.2. The lowest BCUT2D eigenvalue weighted by atomic mass is 10.0. The lowest BCUT2D eigenvalue weighted by Gasteiger charge is -2.22. The summed E-state index contributed by atoms with van der Waals surface area (Å²) in [5, 5.41) is 4.14. The first-order valence-electron chi connectivity index (χ1n) is 10.5. The summed E-state index contributed by atoms with van der Waals surface area (Å²) in [6.45, 7) is 3.71. The van der Waals surface area contributed by atoms with Gasteiger partial charge in [-0.25, -0.2) is 9.78 Å². The monoisotopic (exact) mass is 413 g/mol. The number of hydrogen-bond donors (Lipinski definition) is 2. The van der Waals surface area contributed by atoms with Gasteiger partial charge in [0, 0.05) is 22.8 Å². The third kappa shape index (κ3) is 4.04. The summed E-state index contributed by atoms with van der Waals surface area (Å²) in [6.07, 6.45) is 4.90. The number of piperidine rings is 1. The molecule has 0 unspecified atom stereocenters. The number of aromatic nitrogens is 4. The van der Waals surface area contributed by atoms with Crippen molar-refractivity contribution in [2.45, 2.75) is 25.9 Å². The van der Waals surface area contributed by atoms with E-state index in [0.29, 0.717) is 5.56 Å². The number of carbonyl (C=O) groups is 1. The van der Waals surface area contributed by atoms with Gasteiger partial charge in [0.25, 0.3) is 0 Å². The van der Waals surface area contributed by atoms with Crippen LogP contribution < -0.4 is 5.32 Å². The summed E-state index contributed by atoms with van der Waals surface area (Å²) in [4.78, 5) is 29.4. The number of hydrogen-bond acceptors (Lipinski definition) is 6. The van der Waals surface area contributed by atoms with Crippen molar-refractivity contribution in [2.75, 3.05) is 13.1 Å². The molecule has 4 heterocycles. The van der Waals surface area contributed by atoms with Crippen LogP contribution in [0.5, 0.6) is 0 Å². The topological polar surface area (TPSA) is 92.8 Å². The van der Waals surface area contributed by atoms with E-state index in [9.17, 15) is 4.79 Å². The van der Waals surface area contributed by atoms with Crippen LogP contribution in [-0.2, 0) is 4.74 Å². The first kappa shape index (κ1) is 19.4. The molecule has 1 aliphatic heterocycles. The van der Waals surface area contributed by atoms with Gasteiger partial charge in [-0.05, 0) is 63.2 Å². The molecule has 0 radical (unpaired) electrons. The van der Waals surface area contributed by atoms with Gasteiger partial charge in [-0.15, -0.1) is 0 Å². The predicted octanol–water partition coefficient (Wildman–Crippen LogP) is 3.90. The van der Waals surface area contributed by atoms with Crippen LogP contribution in [0.25, 0.3) is 33.5 Å². The van der Waals surface area contributed by atoms with E-state index < -0.39 is 0 Å². The molecular weight excluding hydrogens is 390 g/mol. The molecule has 0 amide bonds. The highest BCUT2D eigenvalue weighted by Crippen LogP contribution is 2.30. The normalized spacial score (nSPS) is 14.6. The molecule has 0 atom stereocenters. The van der Waals surface area contributed by atoms with Gasteiger partial charge < -0.3 is 15.0 Å². The Morgan fingerprint density at radius 1 is 1.10 bits per heavy atom. The molecular formula is C24H23N5O2. The number of esters is 1. The van der Waals surface area contributed by atoms with Crippen LogP contribution in [0.2, 0.25) is 0 Å². The fourth-order valence-corrected chi connectivity index (χ4v) is 3.91. The van der Waals surface area contributed by atoms with Crippen LogP contribution in [0.3, 0.4) is 0 Å². The lowest BCUT2D eigenvalue weighted by Crippen LogP contribution is -2.33. The smallest absolute Gasteiger partial charge is 0.339 e. The number of benzene rings is 1. The Kier molecular flexibility index (Phi) is 5.18. The number of carbonyl (C=O) groups excluding carboxylic acids is 1. The predicted molar refractivity (Wildman–Crippen MR) is 119 cm³/mol. The highest BCUT2D eigenvalue weighted by Gasteiger charge is 2.19. The molecule has 7 heteroatoms. The van der Waals surface area contributed by atoms with Crippen molar-refractivity contribution in [1.82, 2.24) is 25.3 Å². The zero-order valence-corrected chi connectivity index (χ0v) is 17.3. The fraction of sp³-hybridized carbons (Fsp3) is 0.250. The average Bonchev–Trinajstić information content (AvgIpc) is 3.29. The molecule has 3 aromatic heterocycles. The number of imidazole rings is 1. The minimum absolute atomic E-state index is 0.0378. The maximum Gasteiger partial charge on any atom is 0.339 e. The quantitative estimate of drug-likeness (QED) is 0.493. The number of H-pyrrole nitrogens is 1. The van der Waals surface area contributed by atoms with Gasteiger partial charge in [-0.1, -0.05) is 12.1 Å². The molecule has 0 aliphatic carbocycles. The van der Waals surface area contributed by atoms with Gasteiger partial charge in [0.05, 0.1) is 34.5 Å².